The minimum absolute atomic E-state index is 0.741. The van der Waals surface area contributed by atoms with Gasteiger partial charge in [0.25, 0.3) is 0 Å². The van der Waals surface area contributed by atoms with Gasteiger partial charge in [-0.25, -0.2) is 0 Å². The van der Waals surface area contributed by atoms with Crippen LogP contribution in [-0.2, 0) is 6.42 Å². The molecule has 3 aromatic rings. The Morgan fingerprint density at radius 3 is 2.32 bits per heavy atom. The molecule has 132 valence electrons. The summed E-state index contributed by atoms with van der Waals surface area (Å²) in [7, 11) is 0. The smallest absolute Gasteiger partial charge is 0.0506 e. The second-order valence-corrected chi connectivity index (χ2v) is 7.50. The van der Waals surface area contributed by atoms with Crippen molar-refractivity contribution in [2.75, 3.05) is 6.54 Å². The predicted octanol–water partition coefficient (Wildman–Crippen LogP) is 6.00. The lowest BCUT2D eigenvalue weighted by Gasteiger charge is -2.13. The van der Waals surface area contributed by atoms with E-state index in [9.17, 15) is 0 Å². The number of aromatic amines is 1. The van der Waals surface area contributed by atoms with Gasteiger partial charge < -0.3 is 10.7 Å². The van der Waals surface area contributed by atoms with Gasteiger partial charge in [-0.3, -0.25) is 0 Å². The Hall–Kier alpha value is -1.77. The fourth-order valence-electron chi connectivity index (χ4n) is 3.93. The van der Waals surface area contributed by atoms with Crippen LogP contribution in [0, 0.1) is 27.7 Å². The van der Waals surface area contributed by atoms with Crippen molar-refractivity contribution in [3.05, 3.63) is 57.1 Å². The Balaban J connectivity index is 2.26. The van der Waals surface area contributed by atoms with Crippen LogP contribution in [0.2, 0.25) is 5.02 Å². The standard InChI is InChI=1S/C22H27ClN2/c1-13-11-14(2)20(15(3)12-13)22-17(7-5-6-10-24)18-8-9-19(23)16(4)21(18)25-22/h8-9,11-12,25H,5-7,10,24H2,1-4H3. The molecule has 0 aliphatic heterocycles. The zero-order valence-electron chi connectivity index (χ0n) is 15.6. The van der Waals surface area contributed by atoms with Gasteiger partial charge in [-0.05, 0) is 81.8 Å². The number of H-pyrrole nitrogens is 1. The van der Waals surface area contributed by atoms with Crippen molar-refractivity contribution >= 4 is 22.5 Å². The van der Waals surface area contributed by atoms with Crippen LogP contribution < -0.4 is 5.73 Å². The number of hydrogen-bond acceptors (Lipinski definition) is 1. The fraction of sp³-hybridized carbons (Fsp3) is 0.364. The Morgan fingerprint density at radius 2 is 1.68 bits per heavy atom. The number of nitrogens with one attached hydrogen (secondary N) is 1. The van der Waals surface area contributed by atoms with Crippen LogP contribution in [0.1, 0.15) is 40.7 Å². The van der Waals surface area contributed by atoms with E-state index in [0.29, 0.717) is 0 Å². The first kappa shape index (κ1) is 18.0. The molecule has 0 amide bonds. The van der Waals surface area contributed by atoms with Crippen molar-refractivity contribution in [3.63, 3.8) is 0 Å². The quantitative estimate of drug-likeness (QED) is 0.542. The maximum absolute atomic E-state index is 6.37. The SMILES string of the molecule is Cc1cc(C)c(-c2[nH]c3c(C)c(Cl)ccc3c2CCCCN)c(C)c1. The van der Waals surface area contributed by atoms with Gasteiger partial charge in [0.15, 0.2) is 0 Å². The van der Waals surface area contributed by atoms with Crippen molar-refractivity contribution in [3.8, 4) is 11.3 Å². The molecule has 3 rings (SSSR count). The van der Waals surface area contributed by atoms with Crippen molar-refractivity contribution in [1.82, 2.24) is 4.98 Å². The summed E-state index contributed by atoms with van der Waals surface area (Å²) >= 11 is 6.37. The average molecular weight is 355 g/mol. The van der Waals surface area contributed by atoms with Gasteiger partial charge in [-0.15, -0.1) is 0 Å². The van der Waals surface area contributed by atoms with E-state index in [2.05, 4.69) is 50.9 Å². The topological polar surface area (TPSA) is 41.8 Å². The summed E-state index contributed by atoms with van der Waals surface area (Å²) in [6, 6.07) is 8.69. The van der Waals surface area contributed by atoms with Crippen molar-refractivity contribution in [1.29, 1.82) is 0 Å². The van der Waals surface area contributed by atoms with E-state index in [1.54, 1.807) is 0 Å². The van der Waals surface area contributed by atoms with E-state index < -0.39 is 0 Å². The molecule has 2 aromatic carbocycles. The van der Waals surface area contributed by atoms with E-state index in [0.717, 1.165) is 41.9 Å². The van der Waals surface area contributed by atoms with E-state index in [1.807, 2.05) is 6.07 Å². The molecule has 0 saturated carbocycles. The van der Waals surface area contributed by atoms with E-state index in [-0.39, 0.29) is 0 Å². The van der Waals surface area contributed by atoms with E-state index in [1.165, 1.54) is 38.9 Å². The highest BCUT2D eigenvalue weighted by molar-refractivity contribution is 6.32. The highest BCUT2D eigenvalue weighted by Gasteiger charge is 2.18. The normalized spacial score (nSPS) is 11.4. The molecule has 0 aliphatic rings. The van der Waals surface area contributed by atoms with Crippen LogP contribution in [0.5, 0.6) is 0 Å². The number of aromatic nitrogens is 1. The number of unbranched alkanes of at least 4 members (excludes halogenated alkanes) is 1. The molecule has 0 bridgehead atoms. The third kappa shape index (κ3) is 3.33. The van der Waals surface area contributed by atoms with Crippen molar-refractivity contribution < 1.29 is 0 Å². The highest BCUT2D eigenvalue weighted by Crippen LogP contribution is 2.38. The average Bonchev–Trinajstić information content (AvgIpc) is 2.90. The van der Waals surface area contributed by atoms with E-state index in [4.69, 9.17) is 17.3 Å². The Bertz CT molecular complexity index is 898. The molecule has 0 saturated heterocycles. The van der Waals surface area contributed by atoms with Gasteiger partial charge in [0.2, 0.25) is 0 Å². The summed E-state index contributed by atoms with van der Waals surface area (Å²) in [4.78, 5) is 3.70. The zero-order chi connectivity index (χ0) is 18.1. The minimum Gasteiger partial charge on any atom is -0.354 e. The van der Waals surface area contributed by atoms with Gasteiger partial charge in [0.05, 0.1) is 11.2 Å². The predicted molar refractivity (Wildman–Crippen MR) is 110 cm³/mol. The summed E-state index contributed by atoms with van der Waals surface area (Å²) < 4.78 is 0. The van der Waals surface area contributed by atoms with Crippen LogP contribution in [0.3, 0.4) is 0 Å². The molecular weight excluding hydrogens is 328 g/mol. The van der Waals surface area contributed by atoms with Gasteiger partial charge in [0.1, 0.15) is 0 Å². The molecule has 3 N–H and O–H groups in total. The molecule has 0 radical (unpaired) electrons. The fourth-order valence-corrected chi connectivity index (χ4v) is 4.08. The van der Waals surface area contributed by atoms with Gasteiger partial charge in [0, 0.05) is 16.0 Å². The Morgan fingerprint density at radius 1 is 1.00 bits per heavy atom. The Kier molecular flexibility index (Phi) is 5.21. The summed E-state index contributed by atoms with van der Waals surface area (Å²) in [6.07, 6.45) is 3.17. The lowest BCUT2D eigenvalue weighted by atomic mass is 9.93. The number of halogens is 1. The van der Waals surface area contributed by atoms with Gasteiger partial charge in [-0.2, -0.15) is 0 Å². The molecular formula is C22H27ClN2. The third-order valence-corrected chi connectivity index (χ3v) is 5.49. The zero-order valence-corrected chi connectivity index (χ0v) is 16.3. The number of aryl methyl sites for hydroxylation is 5. The summed E-state index contributed by atoms with van der Waals surface area (Å²) in [5.74, 6) is 0. The molecule has 2 nitrogen and oxygen atoms in total. The molecule has 0 aliphatic carbocycles. The van der Waals surface area contributed by atoms with Gasteiger partial charge >= 0.3 is 0 Å². The molecule has 0 spiro atoms. The number of rotatable bonds is 5. The molecule has 0 unspecified atom stereocenters. The number of nitrogens with two attached hydrogens (primary N) is 1. The molecule has 0 atom stereocenters. The number of hydrogen-bond donors (Lipinski definition) is 2. The molecule has 3 heteroatoms. The monoisotopic (exact) mass is 354 g/mol. The van der Waals surface area contributed by atoms with E-state index >= 15 is 0 Å². The first-order valence-electron chi connectivity index (χ1n) is 9.02. The van der Waals surface area contributed by atoms with Gasteiger partial charge in [-0.1, -0.05) is 35.4 Å². The first-order chi connectivity index (χ1) is 11.9. The van der Waals surface area contributed by atoms with Crippen LogP contribution in [0.25, 0.3) is 22.2 Å². The second-order valence-electron chi connectivity index (χ2n) is 7.09. The highest BCUT2D eigenvalue weighted by atomic mass is 35.5. The molecule has 0 fully saturated rings. The largest absolute Gasteiger partial charge is 0.354 e. The lowest BCUT2D eigenvalue weighted by Crippen LogP contribution is -2.00. The van der Waals surface area contributed by atoms with Crippen LogP contribution >= 0.6 is 11.6 Å². The Labute approximate surface area is 155 Å². The minimum atomic E-state index is 0.741. The van der Waals surface area contributed by atoms with Crippen LogP contribution in [0.4, 0.5) is 0 Å². The van der Waals surface area contributed by atoms with Crippen LogP contribution in [0.15, 0.2) is 24.3 Å². The maximum Gasteiger partial charge on any atom is 0.0506 e. The van der Waals surface area contributed by atoms with Crippen LogP contribution in [-0.4, -0.2) is 11.5 Å². The number of fused-ring (bicyclic) bond motifs is 1. The lowest BCUT2D eigenvalue weighted by molar-refractivity contribution is 0.748. The van der Waals surface area contributed by atoms with Crippen molar-refractivity contribution in [2.24, 2.45) is 5.73 Å². The summed E-state index contributed by atoms with van der Waals surface area (Å²) in [5.41, 5.74) is 15.9. The number of benzene rings is 2. The molecule has 1 heterocycles. The van der Waals surface area contributed by atoms with Crippen molar-refractivity contribution in [2.45, 2.75) is 47.0 Å². The maximum atomic E-state index is 6.37. The molecule has 25 heavy (non-hydrogen) atoms. The first-order valence-corrected chi connectivity index (χ1v) is 9.39. The molecule has 1 aromatic heterocycles. The third-order valence-electron chi connectivity index (χ3n) is 5.08. The summed E-state index contributed by atoms with van der Waals surface area (Å²) in [5, 5.41) is 2.10. The second kappa shape index (κ2) is 7.23. The summed E-state index contributed by atoms with van der Waals surface area (Å²) in [6.45, 7) is 9.38.